The Bertz CT molecular complexity index is 971. The van der Waals surface area contributed by atoms with E-state index in [1.165, 1.54) is 0 Å². The minimum atomic E-state index is -1.17. The summed E-state index contributed by atoms with van der Waals surface area (Å²) in [4.78, 5) is 4.58. The number of halogens is 1. The summed E-state index contributed by atoms with van der Waals surface area (Å²) in [6, 6.07) is 19.8. The van der Waals surface area contributed by atoms with E-state index in [-0.39, 0.29) is 22.9 Å². The molecule has 0 spiro atoms. The minimum absolute atomic E-state index is 0. The highest BCUT2D eigenvalue weighted by molar-refractivity contribution is 5.30. The molecule has 1 atom stereocenters. The molecule has 1 heterocycles. The van der Waals surface area contributed by atoms with Crippen molar-refractivity contribution < 1.29 is 35.7 Å². The smallest absolute Gasteiger partial charge is 0.231 e. The molecule has 3 aromatic rings. The number of aromatic nitrogens is 1. The van der Waals surface area contributed by atoms with E-state index >= 15 is 0 Å². The molecule has 6 heteroatoms. The van der Waals surface area contributed by atoms with Gasteiger partial charge in [0.15, 0.2) is 11.4 Å². The molecule has 0 saturated heterocycles. The van der Waals surface area contributed by atoms with Gasteiger partial charge < -0.3 is 35.7 Å². The average Bonchev–Trinajstić information content (AvgIpc) is 3.50. The summed E-state index contributed by atoms with van der Waals surface area (Å²) in [5.74, 6) is 2.28. The normalized spacial score (nSPS) is 16.2. The van der Waals surface area contributed by atoms with E-state index in [1.807, 2.05) is 60.7 Å². The zero-order chi connectivity index (χ0) is 22.4. The van der Waals surface area contributed by atoms with Gasteiger partial charge in [-0.25, -0.2) is 4.98 Å². The number of rotatable bonds is 10. The fourth-order valence-corrected chi connectivity index (χ4v) is 4.83. The zero-order valence-corrected chi connectivity index (χ0v) is 21.2. The molecule has 1 aliphatic rings. The van der Waals surface area contributed by atoms with Crippen molar-refractivity contribution in [2.24, 2.45) is 5.92 Å². The summed E-state index contributed by atoms with van der Waals surface area (Å²) in [5, 5.41) is 11.9. The van der Waals surface area contributed by atoms with E-state index in [0.29, 0.717) is 19.0 Å². The first-order valence-corrected chi connectivity index (χ1v) is 11.7. The Morgan fingerprint density at radius 1 is 1.03 bits per heavy atom. The molecule has 1 aliphatic carbocycles. The molecule has 33 heavy (non-hydrogen) atoms. The SMILES string of the molecule is C[N+](C)(CCCOc1ccccc1)Cc1cnc(C(O)(c2ccccc2)C2CCCC2)o1.[Br-]. The monoisotopic (exact) mass is 514 g/mol. The first kappa shape index (κ1) is 25.5. The van der Waals surface area contributed by atoms with Crippen molar-refractivity contribution in [2.75, 3.05) is 27.2 Å². The Morgan fingerprint density at radius 2 is 1.67 bits per heavy atom. The van der Waals surface area contributed by atoms with Gasteiger partial charge in [0.25, 0.3) is 0 Å². The van der Waals surface area contributed by atoms with Crippen LogP contribution in [0.25, 0.3) is 0 Å². The van der Waals surface area contributed by atoms with Crippen molar-refractivity contribution in [1.82, 2.24) is 4.98 Å². The van der Waals surface area contributed by atoms with Gasteiger partial charge in [-0.2, -0.15) is 0 Å². The predicted octanol–water partition coefficient (Wildman–Crippen LogP) is 2.15. The van der Waals surface area contributed by atoms with E-state index in [2.05, 4.69) is 19.1 Å². The van der Waals surface area contributed by atoms with E-state index < -0.39 is 5.60 Å². The summed E-state index contributed by atoms with van der Waals surface area (Å²) in [6.07, 6.45) is 7.00. The van der Waals surface area contributed by atoms with Crippen LogP contribution >= 0.6 is 0 Å². The van der Waals surface area contributed by atoms with Gasteiger partial charge in [0, 0.05) is 12.3 Å². The number of hydrogen-bond acceptors (Lipinski definition) is 4. The molecular formula is C27H35BrN2O3. The van der Waals surface area contributed by atoms with Crippen LogP contribution < -0.4 is 21.7 Å². The molecule has 1 aromatic heterocycles. The molecule has 2 aromatic carbocycles. The van der Waals surface area contributed by atoms with Crippen molar-refractivity contribution in [2.45, 2.75) is 44.2 Å². The highest BCUT2D eigenvalue weighted by atomic mass is 79.9. The second-order valence-corrected chi connectivity index (χ2v) is 9.58. The number of quaternary nitrogens is 1. The number of aliphatic hydroxyl groups is 1. The number of ether oxygens (including phenoxy) is 1. The average molecular weight is 515 g/mol. The summed E-state index contributed by atoms with van der Waals surface area (Å²) in [6.45, 7) is 2.35. The van der Waals surface area contributed by atoms with E-state index in [9.17, 15) is 5.11 Å². The lowest BCUT2D eigenvalue weighted by molar-refractivity contribution is -0.904. The molecular weight excluding hydrogens is 480 g/mol. The summed E-state index contributed by atoms with van der Waals surface area (Å²) < 4.78 is 12.8. The molecule has 0 radical (unpaired) electrons. The highest BCUT2D eigenvalue weighted by Gasteiger charge is 2.45. The van der Waals surface area contributed by atoms with Crippen LogP contribution in [0, 0.1) is 5.92 Å². The maximum absolute atomic E-state index is 11.9. The standard InChI is InChI=1S/C27H35N2O3.BrH/c1-29(2,18-11-19-31-24-16-7-4-8-17-24)21-25-20-28-26(32-25)27(30,23-14-9-10-15-23)22-12-5-3-6-13-22;/h3-8,12-13,16-17,20,23,30H,9-11,14-15,18-19,21H2,1-2H3;1H/q+1;/p-1. The molecule has 0 aliphatic heterocycles. The molecule has 1 unspecified atom stereocenters. The van der Waals surface area contributed by atoms with Crippen LogP contribution in [0.4, 0.5) is 0 Å². The van der Waals surface area contributed by atoms with Gasteiger partial charge >= 0.3 is 0 Å². The van der Waals surface area contributed by atoms with Crippen molar-refractivity contribution in [1.29, 1.82) is 0 Å². The van der Waals surface area contributed by atoms with Crippen LogP contribution in [0.5, 0.6) is 5.75 Å². The third kappa shape index (κ3) is 6.25. The summed E-state index contributed by atoms with van der Waals surface area (Å²) >= 11 is 0. The first-order chi connectivity index (χ1) is 15.5. The fraction of sp³-hybridized carbons (Fsp3) is 0.444. The lowest BCUT2D eigenvalue weighted by Crippen LogP contribution is -3.00. The third-order valence-corrected chi connectivity index (χ3v) is 6.54. The van der Waals surface area contributed by atoms with E-state index in [1.54, 1.807) is 6.20 Å². The van der Waals surface area contributed by atoms with Gasteiger partial charge in [0.2, 0.25) is 5.89 Å². The maximum atomic E-state index is 11.9. The number of nitrogens with zero attached hydrogens (tertiary/aromatic N) is 2. The summed E-state index contributed by atoms with van der Waals surface area (Å²) in [7, 11) is 4.37. The second kappa shape index (κ2) is 11.3. The van der Waals surface area contributed by atoms with Crippen molar-refractivity contribution in [3.63, 3.8) is 0 Å². The van der Waals surface area contributed by atoms with Crippen LogP contribution in [-0.2, 0) is 12.1 Å². The molecule has 5 nitrogen and oxygen atoms in total. The van der Waals surface area contributed by atoms with Crippen LogP contribution in [-0.4, -0.2) is 41.8 Å². The number of oxazole rings is 1. The molecule has 0 bridgehead atoms. The van der Waals surface area contributed by atoms with Gasteiger partial charge in [0.05, 0.1) is 33.4 Å². The van der Waals surface area contributed by atoms with Crippen LogP contribution in [0.3, 0.4) is 0 Å². The van der Waals surface area contributed by atoms with Gasteiger partial charge in [-0.15, -0.1) is 0 Å². The Labute approximate surface area is 207 Å². The first-order valence-electron chi connectivity index (χ1n) is 11.7. The van der Waals surface area contributed by atoms with Crippen LogP contribution in [0.2, 0.25) is 0 Å². The lowest BCUT2D eigenvalue weighted by Gasteiger charge is -2.32. The third-order valence-electron chi connectivity index (χ3n) is 6.54. The predicted molar refractivity (Wildman–Crippen MR) is 125 cm³/mol. The largest absolute Gasteiger partial charge is 1.00 e. The van der Waals surface area contributed by atoms with Crippen molar-refractivity contribution in [3.8, 4) is 5.75 Å². The Kier molecular flexibility index (Phi) is 8.74. The lowest BCUT2D eigenvalue weighted by atomic mass is 9.80. The van der Waals surface area contributed by atoms with Crippen LogP contribution in [0.15, 0.2) is 71.3 Å². The fourth-order valence-electron chi connectivity index (χ4n) is 4.83. The van der Waals surface area contributed by atoms with Gasteiger partial charge in [-0.1, -0.05) is 61.4 Å². The molecule has 0 amide bonds. The highest BCUT2D eigenvalue weighted by Crippen LogP contribution is 2.44. The molecule has 178 valence electrons. The number of benzene rings is 2. The molecule has 1 N–H and O–H groups in total. The second-order valence-electron chi connectivity index (χ2n) is 9.58. The molecule has 1 saturated carbocycles. The number of hydrogen-bond donors (Lipinski definition) is 1. The molecule has 1 fully saturated rings. The Morgan fingerprint density at radius 3 is 2.33 bits per heavy atom. The van der Waals surface area contributed by atoms with Crippen molar-refractivity contribution in [3.05, 3.63) is 84.1 Å². The van der Waals surface area contributed by atoms with Gasteiger partial charge in [-0.05, 0) is 30.5 Å². The summed E-state index contributed by atoms with van der Waals surface area (Å²) in [5.41, 5.74) is -0.302. The van der Waals surface area contributed by atoms with E-state index in [0.717, 1.165) is 60.2 Å². The van der Waals surface area contributed by atoms with E-state index in [4.69, 9.17) is 9.15 Å². The maximum Gasteiger partial charge on any atom is 0.231 e. The quantitative estimate of drug-likeness (QED) is 0.332. The number of para-hydroxylation sites is 1. The van der Waals surface area contributed by atoms with Crippen molar-refractivity contribution >= 4 is 0 Å². The minimum Gasteiger partial charge on any atom is -1.00 e. The topological polar surface area (TPSA) is 55.5 Å². The van der Waals surface area contributed by atoms with Gasteiger partial charge in [-0.3, -0.25) is 0 Å². The Hall–Kier alpha value is -2.15. The van der Waals surface area contributed by atoms with Gasteiger partial charge in [0.1, 0.15) is 12.3 Å². The zero-order valence-electron chi connectivity index (χ0n) is 19.6. The van der Waals surface area contributed by atoms with Crippen LogP contribution in [0.1, 0.15) is 49.3 Å². The molecule has 4 rings (SSSR count). The Balaban J connectivity index is 0.00000306.